The number of carbonyl (C=O) groups is 1. The van der Waals surface area contributed by atoms with Crippen LogP contribution in [-0.2, 0) is 16.7 Å². The van der Waals surface area contributed by atoms with Crippen molar-refractivity contribution in [2.75, 3.05) is 25.1 Å². The Morgan fingerprint density at radius 2 is 1.47 bits per heavy atom. The predicted molar refractivity (Wildman–Crippen MR) is 163 cm³/mol. The summed E-state index contributed by atoms with van der Waals surface area (Å²) in [6.45, 7) is 11.5. The van der Waals surface area contributed by atoms with Crippen molar-refractivity contribution in [2.45, 2.75) is 39.7 Å². The number of allylic oxidation sites excluding steroid dienone is 1. The average Bonchev–Trinajstić information content (AvgIpc) is 3.12. The average molecular weight is 647 g/mol. The third kappa shape index (κ3) is 9.83. The number of esters is 1. The molecule has 0 aromatic heterocycles. The molecule has 3 aromatic carbocycles. The summed E-state index contributed by atoms with van der Waals surface area (Å²) in [5.41, 5.74) is 7.39. The van der Waals surface area contributed by atoms with Crippen molar-refractivity contribution in [1.82, 2.24) is 0 Å². The minimum atomic E-state index is -10.7. The Morgan fingerprint density at radius 3 is 1.98 bits per heavy atom. The number of carbonyl (C=O) groups excluding carboxylic acids is 1. The van der Waals surface area contributed by atoms with Gasteiger partial charge < -0.3 is 9.64 Å². The summed E-state index contributed by atoms with van der Waals surface area (Å²) in [6, 6.07) is 22.4. The van der Waals surface area contributed by atoms with Crippen LogP contribution in [0.4, 0.5) is 36.6 Å². The molecule has 4 nitrogen and oxygen atoms in total. The molecular formula is C31H34ClF6N2O2P. The molecule has 0 spiro atoms. The van der Waals surface area contributed by atoms with Crippen LogP contribution in [0.5, 0.6) is 0 Å². The third-order valence-electron chi connectivity index (χ3n) is 7.02. The van der Waals surface area contributed by atoms with Gasteiger partial charge >= 0.3 is 39.0 Å². The van der Waals surface area contributed by atoms with Gasteiger partial charge in [-0.1, -0.05) is 35.9 Å². The van der Waals surface area contributed by atoms with Crippen molar-refractivity contribution in [2.24, 2.45) is 0 Å². The standard InChI is InChI=1S/C31H34ClN2O2.F6P/c1-6-33(7-2)26-16-10-22(11-17-26)12-19-29-31(3,4)27-20-25(32)15-18-28(27)34(29)21-23-8-13-24(14-9-23)30(35)36-5;1-7(2,3,4,5)6/h8-20H,6-7,21H2,1-5H3;/q+1;-1. The molecule has 0 atom stereocenters. The van der Waals surface area contributed by atoms with Gasteiger partial charge in [-0.3, -0.25) is 0 Å². The van der Waals surface area contributed by atoms with Crippen LogP contribution in [0.15, 0.2) is 72.8 Å². The minimum absolute atomic E-state index is 0.218. The maximum atomic E-state index is 11.9. The first-order valence-corrected chi connectivity index (χ1v) is 15.9. The molecule has 0 amide bonds. The zero-order valence-electron chi connectivity index (χ0n) is 24.4. The first-order chi connectivity index (χ1) is 19.7. The molecule has 1 aliphatic heterocycles. The van der Waals surface area contributed by atoms with Gasteiger partial charge in [0.1, 0.15) is 0 Å². The molecule has 1 heterocycles. The van der Waals surface area contributed by atoms with E-state index in [2.05, 4.69) is 85.7 Å². The van der Waals surface area contributed by atoms with Crippen LogP contribution in [0.3, 0.4) is 0 Å². The summed E-state index contributed by atoms with van der Waals surface area (Å²) in [7, 11) is -9.26. The molecule has 1 aliphatic rings. The Labute approximate surface area is 252 Å². The van der Waals surface area contributed by atoms with Gasteiger partial charge in [0.15, 0.2) is 12.3 Å². The fraction of sp³-hybridized carbons (Fsp3) is 0.290. The molecular weight excluding hydrogens is 613 g/mol. The van der Waals surface area contributed by atoms with Gasteiger partial charge in [0, 0.05) is 47.1 Å². The summed E-state index contributed by atoms with van der Waals surface area (Å²) in [4.78, 5) is 14.2. The summed E-state index contributed by atoms with van der Waals surface area (Å²) in [5, 5.41) is 0.737. The summed E-state index contributed by atoms with van der Waals surface area (Å²) in [6.07, 6.45) is 4.41. The molecule has 12 heteroatoms. The van der Waals surface area contributed by atoms with E-state index in [0.29, 0.717) is 12.1 Å². The van der Waals surface area contributed by atoms with Gasteiger partial charge in [0.05, 0.1) is 18.1 Å². The second kappa shape index (κ2) is 12.0. The second-order valence-corrected chi connectivity index (χ2v) is 12.9. The molecule has 0 N–H and O–H groups in total. The molecule has 4 rings (SSSR count). The second-order valence-electron chi connectivity index (χ2n) is 10.5. The van der Waals surface area contributed by atoms with Crippen molar-refractivity contribution in [1.29, 1.82) is 0 Å². The van der Waals surface area contributed by atoms with Crippen LogP contribution >= 0.6 is 19.4 Å². The van der Waals surface area contributed by atoms with Crippen LogP contribution in [0, 0.1) is 0 Å². The number of hydrogen-bond acceptors (Lipinski definition) is 3. The van der Waals surface area contributed by atoms with Crippen LogP contribution in [0.1, 0.15) is 54.7 Å². The van der Waals surface area contributed by atoms with Crippen molar-refractivity contribution < 1.29 is 39.3 Å². The van der Waals surface area contributed by atoms with Crippen molar-refractivity contribution in [3.8, 4) is 0 Å². The number of ether oxygens (including phenoxy) is 1. The van der Waals surface area contributed by atoms with E-state index in [-0.39, 0.29) is 11.4 Å². The van der Waals surface area contributed by atoms with Crippen LogP contribution < -0.4 is 4.90 Å². The van der Waals surface area contributed by atoms with E-state index in [4.69, 9.17) is 16.3 Å². The van der Waals surface area contributed by atoms with Gasteiger partial charge in [-0.15, -0.1) is 0 Å². The van der Waals surface area contributed by atoms with Gasteiger partial charge in [0.25, 0.3) is 0 Å². The van der Waals surface area contributed by atoms with E-state index in [1.807, 2.05) is 30.3 Å². The fourth-order valence-electron chi connectivity index (χ4n) is 4.92. The number of hydrogen-bond donors (Lipinski definition) is 0. The van der Waals surface area contributed by atoms with E-state index >= 15 is 0 Å². The van der Waals surface area contributed by atoms with Gasteiger partial charge in [0.2, 0.25) is 5.69 Å². The Hall–Kier alpha value is -3.36. The zero-order chi connectivity index (χ0) is 32.3. The number of nitrogens with zero attached hydrogens (tertiary/aromatic N) is 2. The van der Waals surface area contributed by atoms with Crippen molar-refractivity contribution in [3.05, 3.63) is 100 Å². The molecule has 0 fully saturated rings. The topological polar surface area (TPSA) is 32.5 Å². The van der Waals surface area contributed by atoms with Gasteiger partial charge in [-0.25, -0.2) is 4.79 Å². The molecule has 0 radical (unpaired) electrons. The van der Waals surface area contributed by atoms with Crippen molar-refractivity contribution in [3.63, 3.8) is 0 Å². The number of rotatable bonds is 8. The normalized spacial score (nSPS) is 15.7. The molecule has 3 aromatic rings. The number of halogens is 7. The summed E-state index contributed by atoms with van der Waals surface area (Å²) in [5.74, 6) is -0.328. The van der Waals surface area contributed by atoms with E-state index in [0.717, 1.165) is 34.9 Å². The van der Waals surface area contributed by atoms with E-state index < -0.39 is 7.81 Å². The Morgan fingerprint density at radius 1 is 0.907 bits per heavy atom. The van der Waals surface area contributed by atoms with Crippen LogP contribution in [0.25, 0.3) is 6.08 Å². The maximum absolute atomic E-state index is 11.9. The van der Waals surface area contributed by atoms with E-state index in [1.54, 1.807) is 0 Å². The molecule has 0 bridgehead atoms. The Kier molecular flexibility index (Phi) is 9.50. The Bertz CT molecular complexity index is 1520. The SMILES string of the molecule is CCN(CC)c1ccc(/C=C/C2=[N+](Cc3ccc(C(=O)OC)cc3)c3ccc(Cl)cc3C2(C)C)cc1.F[P-](F)(F)(F)(F)F. The number of anilines is 1. The Balaban J connectivity index is 0.000000646. The molecule has 0 saturated heterocycles. The van der Waals surface area contributed by atoms with Gasteiger partial charge in [-0.2, -0.15) is 4.58 Å². The quantitative estimate of drug-likeness (QED) is 0.106. The third-order valence-corrected chi connectivity index (χ3v) is 7.26. The van der Waals surface area contributed by atoms with Crippen LogP contribution in [-0.4, -0.2) is 36.5 Å². The molecule has 43 heavy (non-hydrogen) atoms. The van der Waals surface area contributed by atoms with Crippen molar-refractivity contribution >= 4 is 48.5 Å². The van der Waals surface area contributed by atoms with Crippen LogP contribution in [0.2, 0.25) is 5.02 Å². The molecule has 0 unspecified atom stereocenters. The number of methoxy groups -OCH3 is 1. The molecule has 0 saturated carbocycles. The summed E-state index contributed by atoms with van der Waals surface area (Å²) >= 11 is 6.41. The fourth-order valence-corrected chi connectivity index (χ4v) is 5.10. The van der Waals surface area contributed by atoms with E-state index in [9.17, 15) is 30.0 Å². The monoisotopic (exact) mass is 646 g/mol. The van der Waals surface area contributed by atoms with E-state index in [1.165, 1.54) is 24.1 Å². The first-order valence-electron chi connectivity index (χ1n) is 13.4. The molecule has 234 valence electrons. The van der Waals surface area contributed by atoms with Gasteiger partial charge in [-0.05, 0) is 75.7 Å². The number of fused-ring (bicyclic) bond motifs is 1. The number of benzene rings is 3. The zero-order valence-corrected chi connectivity index (χ0v) is 26.1. The summed E-state index contributed by atoms with van der Waals surface area (Å²) < 4.78 is 66.4. The predicted octanol–water partition coefficient (Wildman–Crippen LogP) is 10.6. The first kappa shape index (κ1) is 34.1. The molecule has 0 aliphatic carbocycles.